The smallest absolute Gasteiger partial charge is 0.182 e. The zero-order valence-corrected chi connectivity index (χ0v) is 11.3. The first-order chi connectivity index (χ1) is 8.20. The van der Waals surface area contributed by atoms with Gasteiger partial charge < -0.3 is 9.88 Å². The van der Waals surface area contributed by atoms with E-state index in [9.17, 15) is 0 Å². The van der Waals surface area contributed by atoms with Gasteiger partial charge in [0, 0.05) is 23.3 Å². The lowest BCUT2D eigenvalue weighted by atomic mass is 10.4. The van der Waals surface area contributed by atoms with Crippen LogP contribution >= 0.6 is 11.3 Å². The second kappa shape index (κ2) is 5.31. The Morgan fingerprint density at radius 2 is 2.18 bits per heavy atom. The van der Waals surface area contributed by atoms with Crippen molar-refractivity contribution < 1.29 is 0 Å². The number of aromatic nitrogens is 3. The van der Waals surface area contributed by atoms with Crippen molar-refractivity contribution >= 4 is 16.5 Å². The summed E-state index contributed by atoms with van der Waals surface area (Å²) < 4.78 is 2.16. The van der Waals surface area contributed by atoms with E-state index in [1.54, 1.807) is 11.3 Å². The van der Waals surface area contributed by atoms with Gasteiger partial charge in [-0.25, -0.2) is 9.97 Å². The molecule has 4 nitrogen and oxygen atoms in total. The van der Waals surface area contributed by atoms with Crippen molar-refractivity contribution in [3.05, 3.63) is 28.8 Å². The third-order valence-electron chi connectivity index (χ3n) is 2.75. The molecule has 0 spiro atoms. The molecule has 0 radical (unpaired) electrons. The average molecular weight is 250 g/mol. The summed E-state index contributed by atoms with van der Waals surface area (Å²) in [6.45, 7) is 8.12. The molecule has 1 N–H and O–H groups in total. The number of nitrogens with zero attached hydrogens (tertiary/aromatic N) is 3. The predicted octanol–water partition coefficient (Wildman–Crippen LogP) is 2.83. The summed E-state index contributed by atoms with van der Waals surface area (Å²) in [7, 11) is 0. The van der Waals surface area contributed by atoms with Gasteiger partial charge in [0.25, 0.3) is 0 Å². The molecule has 2 heterocycles. The Bertz CT molecular complexity index is 486. The third kappa shape index (κ3) is 2.85. The van der Waals surface area contributed by atoms with Crippen LogP contribution < -0.4 is 5.32 Å². The summed E-state index contributed by atoms with van der Waals surface area (Å²) in [4.78, 5) is 9.91. The zero-order chi connectivity index (χ0) is 12.3. The van der Waals surface area contributed by atoms with Crippen molar-refractivity contribution in [3.63, 3.8) is 0 Å². The standard InChI is InChI=1S/C12H18N4S/c1-4-5-13-12-14-6-11(17-12)7-16-8-15-9(2)10(16)3/h6,8H,4-5,7H2,1-3H3,(H,13,14). The van der Waals surface area contributed by atoms with Crippen LogP contribution in [0.1, 0.15) is 29.6 Å². The maximum Gasteiger partial charge on any atom is 0.182 e. The van der Waals surface area contributed by atoms with E-state index in [1.807, 2.05) is 19.4 Å². The Labute approximate surface area is 106 Å². The van der Waals surface area contributed by atoms with E-state index in [0.29, 0.717) is 0 Å². The molecule has 0 saturated heterocycles. The molecule has 17 heavy (non-hydrogen) atoms. The highest BCUT2D eigenvalue weighted by Crippen LogP contribution is 2.19. The molecule has 0 aliphatic carbocycles. The van der Waals surface area contributed by atoms with Crippen molar-refractivity contribution in [1.82, 2.24) is 14.5 Å². The number of nitrogens with one attached hydrogen (secondary N) is 1. The van der Waals surface area contributed by atoms with Gasteiger partial charge in [-0.05, 0) is 20.3 Å². The maximum absolute atomic E-state index is 4.36. The zero-order valence-electron chi connectivity index (χ0n) is 10.5. The molecular formula is C12H18N4S. The number of hydrogen-bond acceptors (Lipinski definition) is 4. The van der Waals surface area contributed by atoms with Crippen molar-refractivity contribution in [1.29, 1.82) is 0 Å². The van der Waals surface area contributed by atoms with E-state index < -0.39 is 0 Å². The molecule has 0 aliphatic rings. The second-order valence-electron chi connectivity index (χ2n) is 4.10. The molecule has 2 aromatic heterocycles. The Kier molecular flexibility index (Phi) is 3.78. The SMILES string of the molecule is CCCNc1ncc(Cn2cnc(C)c2C)s1. The van der Waals surface area contributed by atoms with Gasteiger partial charge in [-0.3, -0.25) is 0 Å². The molecule has 0 bridgehead atoms. The summed E-state index contributed by atoms with van der Waals surface area (Å²) in [6, 6.07) is 0. The van der Waals surface area contributed by atoms with Crippen LogP contribution in [-0.2, 0) is 6.54 Å². The molecule has 2 aromatic rings. The van der Waals surface area contributed by atoms with Crippen molar-refractivity contribution in [2.75, 3.05) is 11.9 Å². The fraction of sp³-hybridized carbons (Fsp3) is 0.500. The van der Waals surface area contributed by atoms with Gasteiger partial charge in [-0.2, -0.15) is 0 Å². The minimum atomic E-state index is 0.859. The highest BCUT2D eigenvalue weighted by molar-refractivity contribution is 7.15. The first-order valence-corrected chi connectivity index (χ1v) is 6.69. The van der Waals surface area contributed by atoms with Gasteiger partial charge in [0.2, 0.25) is 0 Å². The molecule has 0 aromatic carbocycles. The summed E-state index contributed by atoms with van der Waals surface area (Å²) in [6.07, 6.45) is 4.95. The molecule has 0 fully saturated rings. The maximum atomic E-state index is 4.36. The molecule has 92 valence electrons. The topological polar surface area (TPSA) is 42.7 Å². The van der Waals surface area contributed by atoms with Gasteiger partial charge in [0.15, 0.2) is 5.13 Å². The number of anilines is 1. The Balaban J connectivity index is 2.04. The Morgan fingerprint density at radius 1 is 1.35 bits per heavy atom. The number of imidazole rings is 1. The average Bonchev–Trinajstić information content (AvgIpc) is 2.89. The van der Waals surface area contributed by atoms with Crippen molar-refractivity contribution in [3.8, 4) is 0 Å². The highest BCUT2D eigenvalue weighted by atomic mass is 32.1. The van der Waals surface area contributed by atoms with E-state index in [4.69, 9.17) is 0 Å². The molecular weight excluding hydrogens is 232 g/mol. The first-order valence-electron chi connectivity index (χ1n) is 5.87. The molecule has 5 heteroatoms. The lowest BCUT2D eigenvalue weighted by Gasteiger charge is -2.02. The van der Waals surface area contributed by atoms with Crippen LogP contribution in [0.25, 0.3) is 0 Å². The largest absolute Gasteiger partial charge is 0.362 e. The summed E-state index contributed by atoms with van der Waals surface area (Å²) >= 11 is 1.71. The van der Waals surface area contributed by atoms with Crippen molar-refractivity contribution in [2.24, 2.45) is 0 Å². The van der Waals surface area contributed by atoms with E-state index in [0.717, 1.165) is 30.3 Å². The van der Waals surface area contributed by atoms with Gasteiger partial charge in [0.1, 0.15) is 0 Å². The molecule has 2 rings (SSSR count). The van der Waals surface area contributed by atoms with Crippen LogP contribution in [0.3, 0.4) is 0 Å². The normalized spacial score (nSPS) is 10.8. The fourth-order valence-electron chi connectivity index (χ4n) is 1.57. The molecule has 0 saturated carbocycles. The number of thiazole rings is 1. The van der Waals surface area contributed by atoms with Crippen molar-refractivity contribution in [2.45, 2.75) is 33.7 Å². The third-order valence-corrected chi connectivity index (χ3v) is 3.69. The Hall–Kier alpha value is -1.36. The number of aryl methyl sites for hydroxylation is 1. The summed E-state index contributed by atoms with van der Waals surface area (Å²) in [5.41, 5.74) is 2.32. The van der Waals surface area contributed by atoms with Gasteiger partial charge in [-0.15, -0.1) is 11.3 Å². The first kappa shape index (κ1) is 12.1. The summed E-state index contributed by atoms with van der Waals surface area (Å²) in [5, 5.41) is 4.31. The monoisotopic (exact) mass is 250 g/mol. The van der Waals surface area contributed by atoms with E-state index in [2.05, 4.69) is 33.7 Å². The fourth-order valence-corrected chi connectivity index (χ4v) is 2.40. The van der Waals surface area contributed by atoms with Crippen LogP contribution in [-0.4, -0.2) is 21.1 Å². The van der Waals surface area contributed by atoms with Crippen LogP contribution in [0.2, 0.25) is 0 Å². The molecule has 0 unspecified atom stereocenters. The second-order valence-corrected chi connectivity index (χ2v) is 5.22. The number of hydrogen-bond donors (Lipinski definition) is 1. The minimum Gasteiger partial charge on any atom is -0.362 e. The van der Waals surface area contributed by atoms with E-state index in [-0.39, 0.29) is 0 Å². The summed E-state index contributed by atoms with van der Waals surface area (Å²) in [5.74, 6) is 0. The molecule has 0 amide bonds. The quantitative estimate of drug-likeness (QED) is 0.887. The molecule has 0 atom stereocenters. The lowest BCUT2D eigenvalue weighted by molar-refractivity contribution is 0.778. The van der Waals surface area contributed by atoms with E-state index >= 15 is 0 Å². The number of rotatable bonds is 5. The highest BCUT2D eigenvalue weighted by Gasteiger charge is 2.05. The van der Waals surface area contributed by atoms with E-state index in [1.165, 1.54) is 10.6 Å². The van der Waals surface area contributed by atoms with Gasteiger partial charge >= 0.3 is 0 Å². The lowest BCUT2D eigenvalue weighted by Crippen LogP contribution is -1.99. The molecule has 0 aliphatic heterocycles. The van der Waals surface area contributed by atoms with Crippen LogP contribution in [0.4, 0.5) is 5.13 Å². The van der Waals surface area contributed by atoms with Gasteiger partial charge in [-0.1, -0.05) is 6.92 Å². The Morgan fingerprint density at radius 3 is 2.82 bits per heavy atom. The predicted molar refractivity (Wildman–Crippen MR) is 71.7 cm³/mol. The van der Waals surface area contributed by atoms with Crippen LogP contribution in [0.5, 0.6) is 0 Å². The van der Waals surface area contributed by atoms with Crippen LogP contribution in [0, 0.1) is 13.8 Å². The van der Waals surface area contributed by atoms with Gasteiger partial charge in [0.05, 0.1) is 18.6 Å². The van der Waals surface area contributed by atoms with Crippen LogP contribution in [0.15, 0.2) is 12.5 Å². The minimum absolute atomic E-state index is 0.859.